The van der Waals surface area contributed by atoms with Crippen molar-refractivity contribution < 1.29 is 9.53 Å². The summed E-state index contributed by atoms with van der Waals surface area (Å²) in [5.74, 6) is 0.228. The number of carbonyl (C=O) groups excluding carboxylic acids is 1. The number of benzene rings is 1. The standard InChI is InChI=1S/C13H12ClN3O2/c1-19-11-5-8(4-9(15)6-11)13(18)17-10-2-3-16-12(14)7-10/h2-7H,15H2,1H3,(H,16,17,18). The van der Waals surface area contributed by atoms with Gasteiger partial charge >= 0.3 is 0 Å². The summed E-state index contributed by atoms with van der Waals surface area (Å²) in [7, 11) is 1.51. The fraction of sp³-hybridized carbons (Fsp3) is 0.0769. The molecule has 1 aromatic heterocycles. The normalized spacial score (nSPS) is 10.0. The highest BCUT2D eigenvalue weighted by molar-refractivity contribution is 6.29. The number of ether oxygens (including phenoxy) is 1. The van der Waals surface area contributed by atoms with E-state index in [2.05, 4.69) is 10.3 Å². The molecule has 0 aliphatic heterocycles. The van der Waals surface area contributed by atoms with Crippen molar-refractivity contribution in [2.45, 2.75) is 0 Å². The van der Waals surface area contributed by atoms with Gasteiger partial charge in [0.25, 0.3) is 5.91 Å². The second-order valence-electron chi connectivity index (χ2n) is 3.82. The minimum atomic E-state index is -0.298. The number of nitrogens with two attached hydrogens (primary N) is 1. The largest absolute Gasteiger partial charge is 0.497 e. The number of nitrogens with one attached hydrogen (secondary N) is 1. The van der Waals surface area contributed by atoms with Crippen LogP contribution in [0.2, 0.25) is 5.15 Å². The molecule has 0 spiro atoms. The lowest BCUT2D eigenvalue weighted by atomic mass is 10.1. The maximum Gasteiger partial charge on any atom is 0.255 e. The third-order valence-electron chi connectivity index (χ3n) is 2.41. The van der Waals surface area contributed by atoms with E-state index in [1.165, 1.54) is 13.3 Å². The lowest BCUT2D eigenvalue weighted by molar-refractivity contribution is 0.102. The number of nitrogen functional groups attached to an aromatic ring is 1. The SMILES string of the molecule is COc1cc(N)cc(C(=O)Nc2ccnc(Cl)c2)c1. The van der Waals surface area contributed by atoms with Gasteiger partial charge in [0.2, 0.25) is 0 Å². The molecule has 0 unspecified atom stereocenters. The molecular weight excluding hydrogens is 266 g/mol. The van der Waals surface area contributed by atoms with E-state index in [0.29, 0.717) is 27.8 Å². The van der Waals surface area contributed by atoms with Crippen LogP contribution in [0.3, 0.4) is 0 Å². The van der Waals surface area contributed by atoms with Crippen molar-refractivity contribution in [1.29, 1.82) is 0 Å². The van der Waals surface area contributed by atoms with Crippen molar-refractivity contribution in [2.75, 3.05) is 18.2 Å². The molecule has 5 nitrogen and oxygen atoms in total. The van der Waals surface area contributed by atoms with Crippen LogP contribution in [-0.4, -0.2) is 18.0 Å². The van der Waals surface area contributed by atoms with Gasteiger partial charge in [0.15, 0.2) is 0 Å². The van der Waals surface area contributed by atoms with Crippen LogP contribution >= 0.6 is 11.6 Å². The molecule has 0 saturated heterocycles. The summed E-state index contributed by atoms with van der Waals surface area (Å²) >= 11 is 5.74. The number of aromatic nitrogens is 1. The van der Waals surface area contributed by atoms with Gasteiger partial charge in [0.05, 0.1) is 7.11 Å². The van der Waals surface area contributed by atoms with Gasteiger partial charge in [-0.1, -0.05) is 11.6 Å². The molecular formula is C13H12ClN3O2. The summed E-state index contributed by atoms with van der Waals surface area (Å²) in [4.78, 5) is 15.9. The average molecular weight is 278 g/mol. The van der Waals surface area contributed by atoms with Crippen LogP contribution < -0.4 is 15.8 Å². The Morgan fingerprint density at radius 3 is 2.84 bits per heavy atom. The third kappa shape index (κ3) is 3.35. The third-order valence-corrected chi connectivity index (χ3v) is 2.62. The van der Waals surface area contributed by atoms with Crippen molar-refractivity contribution in [3.8, 4) is 5.75 Å². The number of methoxy groups -OCH3 is 1. The quantitative estimate of drug-likeness (QED) is 0.668. The first-order valence-corrected chi connectivity index (χ1v) is 5.84. The Hall–Kier alpha value is -2.27. The predicted molar refractivity (Wildman–Crippen MR) is 74.6 cm³/mol. The van der Waals surface area contributed by atoms with E-state index >= 15 is 0 Å². The number of hydrogen-bond acceptors (Lipinski definition) is 4. The van der Waals surface area contributed by atoms with Crippen LogP contribution in [0.5, 0.6) is 5.75 Å². The molecule has 0 radical (unpaired) electrons. The van der Waals surface area contributed by atoms with Crippen LogP contribution in [0.1, 0.15) is 10.4 Å². The Kier molecular flexibility index (Phi) is 3.87. The fourth-order valence-electron chi connectivity index (χ4n) is 1.55. The molecule has 0 fully saturated rings. The second kappa shape index (κ2) is 5.58. The van der Waals surface area contributed by atoms with Crippen LogP contribution in [0, 0.1) is 0 Å². The number of pyridine rings is 1. The summed E-state index contributed by atoms with van der Waals surface area (Å²) < 4.78 is 5.06. The molecule has 0 aliphatic carbocycles. The molecule has 19 heavy (non-hydrogen) atoms. The van der Waals surface area contributed by atoms with Crippen molar-refractivity contribution >= 4 is 28.9 Å². The maximum atomic E-state index is 12.1. The van der Waals surface area contributed by atoms with Crippen molar-refractivity contribution in [1.82, 2.24) is 4.98 Å². The molecule has 6 heteroatoms. The van der Waals surface area contributed by atoms with Crippen LogP contribution in [-0.2, 0) is 0 Å². The monoisotopic (exact) mass is 277 g/mol. The highest BCUT2D eigenvalue weighted by Gasteiger charge is 2.09. The van der Waals surface area contributed by atoms with Crippen LogP contribution in [0.15, 0.2) is 36.5 Å². The Balaban J connectivity index is 2.22. The maximum absolute atomic E-state index is 12.1. The lowest BCUT2D eigenvalue weighted by Gasteiger charge is -2.08. The summed E-state index contributed by atoms with van der Waals surface area (Å²) in [6.07, 6.45) is 1.51. The zero-order valence-electron chi connectivity index (χ0n) is 10.2. The topological polar surface area (TPSA) is 77.2 Å². The smallest absolute Gasteiger partial charge is 0.255 e. The zero-order chi connectivity index (χ0) is 13.8. The molecule has 0 bridgehead atoms. The summed E-state index contributed by atoms with van der Waals surface area (Å²) in [6.45, 7) is 0. The van der Waals surface area contributed by atoms with E-state index in [1.54, 1.807) is 30.3 Å². The first kappa shape index (κ1) is 13.2. The molecule has 1 aromatic carbocycles. The molecule has 1 amide bonds. The highest BCUT2D eigenvalue weighted by Crippen LogP contribution is 2.20. The number of carbonyl (C=O) groups is 1. The van der Waals surface area contributed by atoms with Gasteiger partial charge in [0.1, 0.15) is 10.9 Å². The molecule has 1 heterocycles. The molecule has 0 saturated carbocycles. The molecule has 98 valence electrons. The van der Waals surface area contributed by atoms with Gasteiger partial charge in [-0.15, -0.1) is 0 Å². The number of nitrogens with zero attached hydrogens (tertiary/aromatic N) is 1. The molecule has 2 rings (SSSR count). The lowest BCUT2D eigenvalue weighted by Crippen LogP contribution is -2.12. The van der Waals surface area contributed by atoms with Crippen molar-refractivity contribution in [2.24, 2.45) is 0 Å². The number of anilines is 2. The van der Waals surface area contributed by atoms with E-state index in [-0.39, 0.29) is 5.91 Å². The van der Waals surface area contributed by atoms with Gasteiger partial charge in [0, 0.05) is 29.2 Å². The Morgan fingerprint density at radius 1 is 1.37 bits per heavy atom. The molecule has 0 atom stereocenters. The summed E-state index contributed by atoms with van der Waals surface area (Å²) in [6, 6.07) is 8.02. The van der Waals surface area contributed by atoms with Gasteiger partial charge in [-0.25, -0.2) is 4.98 Å². The fourth-order valence-corrected chi connectivity index (χ4v) is 1.73. The number of amides is 1. The first-order valence-electron chi connectivity index (χ1n) is 5.46. The van der Waals surface area contributed by atoms with Crippen molar-refractivity contribution in [3.63, 3.8) is 0 Å². The number of halogens is 1. The van der Waals surface area contributed by atoms with Crippen LogP contribution in [0.25, 0.3) is 0 Å². The number of rotatable bonds is 3. The van der Waals surface area contributed by atoms with E-state index in [0.717, 1.165) is 0 Å². The average Bonchev–Trinajstić information content (AvgIpc) is 2.38. The number of hydrogen-bond donors (Lipinski definition) is 2. The van der Waals surface area contributed by atoms with Crippen molar-refractivity contribution in [3.05, 3.63) is 47.2 Å². The molecule has 2 aromatic rings. The Labute approximate surface area is 115 Å². The van der Waals surface area contributed by atoms with E-state index < -0.39 is 0 Å². The van der Waals surface area contributed by atoms with E-state index in [1.807, 2.05) is 0 Å². The predicted octanol–water partition coefficient (Wildman–Crippen LogP) is 2.58. The highest BCUT2D eigenvalue weighted by atomic mass is 35.5. The Bertz CT molecular complexity index is 617. The Morgan fingerprint density at radius 2 is 2.16 bits per heavy atom. The van der Waals surface area contributed by atoms with Gasteiger partial charge in [-0.05, 0) is 24.3 Å². The van der Waals surface area contributed by atoms with Gasteiger partial charge < -0.3 is 15.8 Å². The zero-order valence-corrected chi connectivity index (χ0v) is 10.9. The minimum Gasteiger partial charge on any atom is -0.497 e. The molecule has 3 N–H and O–H groups in total. The first-order chi connectivity index (χ1) is 9.08. The van der Waals surface area contributed by atoms with Gasteiger partial charge in [-0.3, -0.25) is 4.79 Å². The van der Waals surface area contributed by atoms with Gasteiger partial charge in [-0.2, -0.15) is 0 Å². The van der Waals surface area contributed by atoms with E-state index in [4.69, 9.17) is 22.1 Å². The van der Waals surface area contributed by atoms with Crippen LogP contribution in [0.4, 0.5) is 11.4 Å². The summed E-state index contributed by atoms with van der Waals surface area (Å²) in [5, 5.41) is 3.01. The molecule has 0 aliphatic rings. The minimum absolute atomic E-state index is 0.298. The van der Waals surface area contributed by atoms with E-state index in [9.17, 15) is 4.79 Å². The summed E-state index contributed by atoms with van der Waals surface area (Å²) in [5.41, 5.74) is 7.12. The second-order valence-corrected chi connectivity index (χ2v) is 4.20.